The van der Waals surface area contributed by atoms with Crippen molar-refractivity contribution in [1.82, 2.24) is 0 Å². The van der Waals surface area contributed by atoms with Crippen LogP contribution in [-0.4, -0.2) is 40.4 Å². The summed E-state index contributed by atoms with van der Waals surface area (Å²) in [6.07, 6.45) is 0. The minimum Gasteiger partial charge on any atom is -0.492 e. The van der Waals surface area contributed by atoms with E-state index >= 15 is 0 Å². The summed E-state index contributed by atoms with van der Waals surface area (Å²) in [7, 11) is 3.08. The second-order valence-corrected chi connectivity index (χ2v) is 7.09. The van der Waals surface area contributed by atoms with Gasteiger partial charge in [-0.2, -0.15) is 0 Å². The van der Waals surface area contributed by atoms with Crippen molar-refractivity contribution in [2.24, 2.45) is 0 Å². The molecule has 0 saturated carbocycles. The molecule has 6 rings (SSSR count). The molecular weight excluding hydrogens is 394 g/mol. The summed E-state index contributed by atoms with van der Waals surface area (Å²) in [5, 5.41) is 3.31. The third-order valence-electron chi connectivity index (χ3n) is 5.64. The molecule has 1 atom stereocenters. The van der Waals surface area contributed by atoms with Crippen LogP contribution in [-0.2, 0) is 9.53 Å². The largest absolute Gasteiger partial charge is 0.492 e. The molecule has 9 heteroatoms. The standard InChI is InChI=1S/C21H17NO8/c1-24-18-10(4-15-19(20(18)25-2)30-8-29-15)16-9-3-13-14(28-7-27-13)5-11(9)22-12-6-26-21(23)17(12)16/h3-5,16,22H,6-8H2,1-2H3/t16-/m1/s1. The van der Waals surface area contributed by atoms with Crippen molar-refractivity contribution < 1.29 is 38.0 Å². The molecule has 0 spiro atoms. The monoisotopic (exact) mass is 411 g/mol. The Morgan fingerprint density at radius 2 is 1.57 bits per heavy atom. The van der Waals surface area contributed by atoms with Gasteiger partial charge in [0.05, 0.1) is 25.5 Å². The van der Waals surface area contributed by atoms with Crippen LogP contribution < -0.4 is 33.7 Å². The van der Waals surface area contributed by atoms with Gasteiger partial charge in [-0.3, -0.25) is 0 Å². The van der Waals surface area contributed by atoms with E-state index in [1.807, 2.05) is 18.2 Å². The van der Waals surface area contributed by atoms with Crippen molar-refractivity contribution in [2.45, 2.75) is 5.92 Å². The Bertz CT molecular complexity index is 1140. The number of cyclic esters (lactones) is 1. The van der Waals surface area contributed by atoms with Crippen molar-refractivity contribution in [1.29, 1.82) is 0 Å². The molecule has 2 aromatic carbocycles. The molecule has 0 bridgehead atoms. The first kappa shape index (κ1) is 17.1. The zero-order chi connectivity index (χ0) is 20.4. The number of carbonyl (C=O) groups is 1. The van der Waals surface area contributed by atoms with Crippen molar-refractivity contribution >= 4 is 11.7 Å². The Balaban J connectivity index is 1.63. The Morgan fingerprint density at radius 1 is 0.867 bits per heavy atom. The summed E-state index contributed by atoms with van der Waals surface area (Å²) in [6.45, 7) is 0.400. The minimum absolute atomic E-state index is 0.0792. The molecule has 4 heterocycles. The summed E-state index contributed by atoms with van der Waals surface area (Å²) in [4.78, 5) is 12.7. The van der Waals surface area contributed by atoms with Crippen molar-refractivity contribution in [3.8, 4) is 34.5 Å². The van der Waals surface area contributed by atoms with Gasteiger partial charge < -0.3 is 38.5 Å². The number of anilines is 1. The number of nitrogens with one attached hydrogen (secondary N) is 1. The fourth-order valence-corrected chi connectivity index (χ4v) is 4.38. The van der Waals surface area contributed by atoms with Gasteiger partial charge >= 0.3 is 5.97 Å². The highest BCUT2D eigenvalue weighted by molar-refractivity contribution is 5.98. The maximum atomic E-state index is 12.7. The zero-order valence-corrected chi connectivity index (χ0v) is 16.2. The summed E-state index contributed by atoms with van der Waals surface area (Å²) in [5.74, 6) is 2.26. The van der Waals surface area contributed by atoms with Crippen LogP contribution in [0.3, 0.4) is 0 Å². The average molecular weight is 411 g/mol. The van der Waals surface area contributed by atoms with Gasteiger partial charge in [0.15, 0.2) is 23.0 Å². The summed E-state index contributed by atoms with van der Waals surface area (Å²) >= 11 is 0. The third-order valence-corrected chi connectivity index (χ3v) is 5.64. The first-order valence-corrected chi connectivity index (χ1v) is 9.34. The lowest BCUT2D eigenvalue weighted by Gasteiger charge is -2.29. The van der Waals surface area contributed by atoms with Crippen LogP contribution in [0.25, 0.3) is 0 Å². The van der Waals surface area contributed by atoms with Gasteiger partial charge in [-0.15, -0.1) is 0 Å². The Labute approximate surface area is 171 Å². The molecule has 0 aliphatic carbocycles. The van der Waals surface area contributed by atoms with E-state index in [0.717, 1.165) is 11.3 Å². The molecule has 0 amide bonds. The second-order valence-electron chi connectivity index (χ2n) is 7.09. The molecule has 30 heavy (non-hydrogen) atoms. The van der Waals surface area contributed by atoms with E-state index < -0.39 is 5.92 Å². The number of hydrogen-bond acceptors (Lipinski definition) is 9. The number of methoxy groups -OCH3 is 2. The predicted molar refractivity (Wildman–Crippen MR) is 102 cm³/mol. The molecule has 0 unspecified atom stereocenters. The minimum atomic E-state index is -0.487. The van der Waals surface area contributed by atoms with E-state index in [9.17, 15) is 4.79 Å². The van der Waals surface area contributed by atoms with E-state index in [1.165, 1.54) is 7.11 Å². The van der Waals surface area contributed by atoms with Crippen LogP contribution in [0.15, 0.2) is 29.5 Å². The van der Waals surface area contributed by atoms with E-state index in [1.54, 1.807) is 7.11 Å². The molecule has 4 aliphatic rings. The fraction of sp³-hybridized carbons (Fsp3) is 0.286. The number of esters is 1. The van der Waals surface area contributed by atoms with Crippen LogP contribution in [0.5, 0.6) is 34.5 Å². The van der Waals surface area contributed by atoms with E-state index in [-0.39, 0.29) is 26.2 Å². The zero-order valence-electron chi connectivity index (χ0n) is 16.2. The molecule has 1 N–H and O–H groups in total. The van der Waals surface area contributed by atoms with Gasteiger partial charge in [0, 0.05) is 23.2 Å². The van der Waals surface area contributed by atoms with Crippen LogP contribution in [0.1, 0.15) is 17.0 Å². The lowest BCUT2D eigenvalue weighted by atomic mass is 9.80. The number of rotatable bonds is 3. The van der Waals surface area contributed by atoms with Gasteiger partial charge in [0.25, 0.3) is 0 Å². The van der Waals surface area contributed by atoms with Gasteiger partial charge in [0.1, 0.15) is 6.61 Å². The fourth-order valence-electron chi connectivity index (χ4n) is 4.38. The summed E-state index contributed by atoms with van der Waals surface area (Å²) in [6, 6.07) is 5.57. The van der Waals surface area contributed by atoms with Crippen LogP contribution in [0.4, 0.5) is 5.69 Å². The third kappa shape index (κ3) is 2.20. The van der Waals surface area contributed by atoms with Crippen LogP contribution in [0, 0.1) is 0 Å². The van der Waals surface area contributed by atoms with Crippen LogP contribution >= 0.6 is 0 Å². The van der Waals surface area contributed by atoms with E-state index in [0.29, 0.717) is 51.3 Å². The highest BCUT2D eigenvalue weighted by Crippen LogP contribution is 2.56. The normalized spacial score (nSPS) is 19.8. The van der Waals surface area contributed by atoms with Crippen molar-refractivity contribution in [3.63, 3.8) is 0 Å². The Morgan fingerprint density at radius 3 is 2.37 bits per heavy atom. The average Bonchev–Trinajstić information content (AvgIpc) is 3.49. The van der Waals surface area contributed by atoms with Gasteiger partial charge in [0.2, 0.25) is 25.1 Å². The number of carbonyl (C=O) groups excluding carboxylic acids is 1. The topological polar surface area (TPSA) is 93.7 Å². The van der Waals surface area contributed by atoms with Gasteiger partial charge in [-0.05, 0) is 17.7 Å². The number of benzene rings is 2. The quantitative estimate of drug-likeness (QED) is 0.765. The molecule has 9 nitrogen and oxygen atoms in total. The summed E-state index contributed by atoms with van der Waals surface area (Å²) in [5.41, 5.74) is 3.55. The first-order valence-electron chi connectivity index (χ1n) is 9.34. The summed E-state index contributed by atoms with van der Waals surface area (Å²) < 4.78 is 38.9. The molecule has 0 aromatic heterocycles. The van der Waals surface area contributed by atoms with E-state index in [2.05, 4.69) is 5.32 Å². The molecule has 2 aromatic rings. The molecular formula is C21H17NO8. The maximum absolute atomic E-state index is 12.7. The Kier molecular flexibility index (Phi) is 3.50. The molecule has 0 saturated heterocycles. The number of ether oxygens (including phenoxy) is 7. The molecule has 4 aliphatic heterocycles. The molecule has 0 radical (unpaired) electrons. The van der Waals surface area contributed by atoms with Crippen LogP contribution in [0.2, 0.25) is 0 Å². The van der Waals surface area contributed by atoms with Gasteiger partial charge in [-0.1, -0.05) is 0 Å². The SMILES string of the molecule is COc1c([C@@H]2C3=C(COC3=O)Nc3cc4c(cc32)OCO4)cc2c(c1OC)OCO2. The first-order chi connectivity index (χ1) is 14.7. The highest BCUT2D eigenvalue weighted by Gasteiger charge is 2.42. The van der Waals surface area contributed by atoms with Crippen molar-refractivity contribution in [2.75, 3.05) is 39.7 Å². The lowest BCUT2D eigenvalue weighted by molar-refractivity contribution is -0.136. The predicted octanol–water partition coefficient (Wildman–Crippen LogP) is 2.53. The van der Waals surface area contributed by atoms with Gasteiger partial charge in [-0.25, -0.2) is 4.79 Å². The van der Waals surface area contributed by atoms with E-state index in [4.69, 9.17) is 33.2 Å². The highest BCUT2D eigenvalue weighted by atomic mass is 16.7. The smallest absolute Gasteiger partial charge is 0.337 e. The molecule has 0 fully saturated rings. The molecule has 154 valence electrons. The number of hydrogen-bond donors (Lipinski definition) is 1. The Hall–Kier alpha value is -3.75. The maximum Gasteiger partial charge on any atom is 0.337 e. The second kappa shape index (κ2) is 6.12. The lowest BCUT2D eigenvalue weighted by Crippen LogP contribution is -2.20. The number of fused-ring (bicyclic) bond motifs is 3. The van der Waals surface area contributed by atoms with Crippen molar-refractivity contribution in [3.05, 3.63) is 40.6 Å².